The van der Waals surface area contributed by atoms with Crippen LogP contribution in [0.25, 0.3) is 0 Å². The molecule has 0 aliphatic heterocycles. The van der Waals surface area contributed by atoms with E-state index in [9.17, 15) is 14.4 Å². The highest BCUT2D eigenvalue weighted by Gasteiger charge is 2.39. The number of nitrogen functional groups attached to an aromatic ring is 1. The van der Waals surface area contributed by atoms with Gasteiger partial charge in [-0.05, 0) is 81.0 Å². The first-order chi connectivity index (χ1) is 35.7. The lowest BCUT2D eigenvalue weighted by Gasteiger charge is -2.31. The Balaban J connectivity index is 0.000000264. The molecule has 6 aromatic rings. The number of amides is 3. The van der Waals surface area contributed by atoms with E-state index in [1.807, 2.05) is 66.7 Å². The summed E-state index contributed by atoms with van der Waals surface area (Å²) < 4.78 is 10.5. The smallest absolute Gasteiger partial charge is 0.230 e. The minimum absolute atomic E-state index is 0.0505. The molecule has 3 aromatic carbocycles. The predicted molar refractivity (Wildman–Crippen MR) is 301 cm³/mol. The second-order valence-corrected chi connectivity index (χ2v) is 23.0. The fourth-order valence-corrected chi connectivity index (χ4v) is 12.1. The number of aliphatic hydroxyl groups excluding tert-OH is 1. The molecule has 6 N–H and O–H groups in total. The largest absolute Gasteiger partial charge is 0.496 e. The van der Waals surface area contributed by atoms with Gasteiger partial charge in [-0.2, -0.15) is 0 Å². The van der Waals surface area contributed by atoms with Crippen LogP contribution in [0.3, 0.4) is 0 Å². The number of para-hydroxylation sites is 2. The molecule has 2 aliphatic carbocycles. The Morgan fingerprint density at radius 3 is 1.72 bits per heavy atom. The quantitative estimate of drug-likeness (QED) is 0.0365. The van der Waals surface area contributed by atoms with Gasteiger partial charge in [0.1, 0.15) is 27.0 Å². The van der Waals surface area contributed by atoms with Crippen molar-refractivity contribution in [2.45, 2.75) is 127 Å². The zero-order valence-corrected chi connectivity index (χ0v) is 46.9. The van der Waals surface area contributed by atoms with Gasteiger partial charge in [-0.15, -0.1) is 30.6 Å². The van der Waals surface area contributed by atoms with Gasteiger partial charge >= 0.3 is 0 Å². The Morgan fingerprint density at radius 2 is 1.23 bits per heavy atom. The SMILES string of the molecule is CN=C(NC(=O)Cc1ccccc1C(C)C)SC(C)(C)[C@H]1CCC(c2nnc(NC(=O)Cc3ccccc3OC)s2)C1.CO.COc1ccccc1CC(=O)Nc1nnc(C2CCCCCC2)s1.Nc1nncs1. The molecule has 3 amide bonds. The molecule has 2 aliphatic rings. The molecule has 3 aromatic heterocycles. The van der Waals surface area contributed by atoms with E-state index >= 15 is 0 Å². The summed E-state index contributed by atoms with van der Waals surface area (Å²) in [5.74, 6) is 2.69. The number of hydrogen-bond acceptors (Lipinski definition) is 18. The summed E-state index contributed by atoms with van der Waals surface area (Å²) in [6.45, 7) is 8.73. The maximum atomic E-state index is 13.0. The number of rotatable bonds is 15. The summed E-state index contributed by atoms with van der Waals surface area (Å²) in [7, 11) is 5.94. The van der Waals surface area contributed by atoms with E-state index in [0.717, 1.165) is 58.8 Å². The first kappa shape index (κ1) is 59.0. The number of anilines is 3. The van der Waals surface area contributed by atoms with Crippen LogP contribution >= 0.6 is 45.8 Å². The molecule has 74 heavy (non-hydrogen) atoms. The van der Waals surface area contributed by atoms with Crippen molar-refractivity contribution >= 4 is 84.1 Å². The molecular formula is C53H71N11O6S4. The van der Waals surface area contributed by atoms with Crippen LogP contribution in [0.5, 0.6) is 11.5 Å². The molecule has 2 saturated carbocycles. The van der Waals surface area contributed by atoms with Crippen LogP contribution in [0, 0.1) is 5.92 Å². The van der Waals surface area contributed by atoms with Crippen molar-refractivity contribution in [3.63, 3.8) is 0 Å². The summed E-state index contributed by atoms with van der Waals surface area (Å²) in [5.41, 5.74) is 10.7. The Hall–Kier alpha value is -5.87. The number of nitrogens with two attached hydrogens (primary N) is 1. The van der Waals surface area contributed by atoms with Gasteiger partial charge in [0, 0.05) is 41.9 Å². The van der Waals surface area contributed by atoms with Crippen LogP contribution in [-0.2, 0) is 33.6 Å². The first-order valence-corrected chi connectivity index (χ1v) is 28.1. The molecule has 2 atom stereocenters. The van der Waals surface area contributed by atoms with E-state index < -0.39 is 0 Å². The van der Waals surface area contributed by atoms with Crippen LogP contribution in [0.15, 0.2) is 83.3 Å². The highest BCUT2D eigenvalue weighted by Crippen LogP contribution is 2.49. The first-order valence-electron chi connectivity index (χ1n) is 24.7. The summed E-state index contributed by atoms with van der Waals surface area (Å²) in [4.78, 5) is 42.3. The molecule has 3 heterocycles. The number of nitrogens with zero attached hydrogens (tertiary/aromatic N) is 7. The van der Waals surface area contributed by atoms with Gasteiger partial charge in [0.2, 0.25) is 33.1 Å². The lowest BCUT2D eigenvalue weighted by Crippen LogP contribution is -2.35. The maximum Gasteiger partial charge on any atom is 0.230 e. The fourth-order valence-electron chi connectivity index (χ4n) is 8.87. The van der Waals surface area contributed by atoms with Gasteiger partial charge in [0.15, 0.2) is 5.17 Å². The Bertz CT molecular complexity index is 2690. The van der Waals surface area contributed by atoms with E-state index in [2.05, 4.69) is 85.3 Å². The molecule has 1 unspecified atom stereocenters. The standard InChI is InChI=1S/C32H41N5O3S2.C18H23N3O2S.C2H3N3S.CH4O/c1-20(2)25-13-9-7-11-21(25)18-27(38)34-30(33-5)42-32(3,4)24-16-15-23(17-24)29-36-37-31(41-29)35-28(39)19-22-12-8-10-14-26(22)40-6;1-23-15-11-7-6-10-14(15)12-16(22)19-18-21-20-17(24-18)13-8-4-2-3-5-9-13;3-2-5-4-1-6-2;1-2/h7-14,20,23-24H,15-19H2,1-6H3,(H,33,34,38)(H,35,37,39);6-7,10-11,13H,2-5,8-9,12H2,1H3,(H,19,21,22);1H,(H2,3,5);2H,1H3/t23?,24-;;;/m0.../s1. The van der Waals surface area contributed by atoms with Crippen LogP contribution in [0.4, 0.5) is 15.4 Å². The number of nitrogens with one attached hydrogen (secondary N) is 3. The Kier molecular flexibility index (Phi) is 24.3. The molecule has 2 fully saturated rings. The minimum atomic E-state index is -0.148. The van der Waals surface area contributed by atoms with Gasteiger partial charge in [-0.1, -0.05) is 146 Å². The molecule has 8 rings (SSSR count). The average molecular weight is 1090 g/mol. The number of benzene rings is 3. The van der Waals surface area contributed by atoms with Crippen LogP contribution in [0.1, 0.15) is 136 Å². The monoisotopic (exact) mass is 1090 g/mol. The summed E-state index contributed by atoms with van der Waals surface area (Å²) in [6.07, 6.45) is 11.4. The Morgan fingerprint density at radius 1 is 0.716 bits per heavy atom. The number of aliphatic hydroxyl groups is 1. The maximum absolute atomic E-state index is 13.0. The van der Waals surface area contributed by atoms with Crippen LogP contribution in [-0.4, -0.2) is 91.7 Å². The number of ether oxygens (including phenoxy) is 2. The molecular weight excluding hydrogens is 1010 g/mol. The number of hydrogen-bond donors (Lipinski definition) is 5. The second kappa shape index (κ2) is 30.5. The molecule has 0 radical (unpaired) electrons. The van der Waals surface area contributed by atoms with Gasteiger partial charge in [-0.3, -0.25) is 19.4 Å². The molecule has 0 spiro atoms. The topological polar surface area (TPSA) is 242 Å². The van der Waals surface area contributed by atoms with E-state index in [0.29, 0.717) is 50.5 Å². The molecule has 17 nitrogen and oxygen atoms in total. The third kappa shape index (κ3) is 18.5. The highest BCUT2D eigenvalue weighted by molar-refractivity contribution is 8.15. The second-order valence-electron chi connectivity index (χ2n) is 18.4. The summed E-state index contributed by atoms with van der Waals surface area (Å²) >= 11 is 5.92. The van der Waals surface area contributed by atoms with Crippen LogP contribution < -0.4 is 31.2 Å². The number of thioether (sulfide) groups is 1. The normalized spacial score (nSPS) is 15.7. The number of aliphatic imine (C=N–C) groups is 1. The van der Waals surface area contributed by atoms with Crippen molar-refractivity contribution in [1.82, 2.24) is 35.9 Å². The summed E-state index contributed by atoms with van der Waals surface area (Å²) in [6, 6.07) is 23.2. The van der Waals surface area contributed by atoms with Crippen molar-refractivity contribution in [3.05, 3.63) is 111 Å². The van der Waals surface area contributed by atoms with Crippen molar-refractivity contribution in [1.29, 1.82) is 0 Å². The minimum Gasteiger partial charge on any atom is -0.496 e. The molecule has 21 heteroatoms. The zero-order valence-electron chi connectivity index (χ0n) is 43.6. The number of amidine groups is 1. The molecule has 0 bridgehead atoms. The van der Waals surface area contributed by atoms with Gasteiger partial charge in [0.25, 0.3) is 0 Å². The van der Waals surface area contributed by atoms with Crippen molar-refractivity contribution in [2.75, 3.05) is 44.7 Å². The predicted octanol–water partition coefficient (Wildman–Crippen LogP) is 10.5. The average Bonchev–Trinajstić information content (AvgIpc) is 4.24. The molecule has 398 valence electrons. The van der Waals surface area contributed by atoms with Crippen LogP contribution in [0.2, 0.25) is 0 Å². The van der Waals surface area contributed by atoms with E-state index in [-0.39, 0.29) is 41.2 Å². The number of aromatic nitrogens is 6. The van der Waals surface area contributed by atoms with Gasteiger partial charge in [0.05, 0.1) is 33.5 Å². The highest BCUT2D eigenvalue weighted by atomic mass is 32.2. The summed E-state index contributed by atoms with van der Waals surface area (Å²) in [5, 5.41) is 44.2. The lowest BCUT2D eigenvalue weighted by molar-refractivity contribution is -0.119. The van der Waals surface area contributed by atoms with Gasteiger partial charge in [-0.25, -0.2) is 0 Å². The van der Waals surface area contributed by atoms with Crippen molar-refractivity contribution in [3.8, 4) is 11.5 Å². The zero-order chi connectivity index (χ0) is 53.5. The number of carbonyl (C=O) groups excluding carboxylic acids is 3. The van der Waals surface area contributed by atoms with E-state index in [1.165, 1.54) is 78.1 Å². The van der Waals surface area contributed by atoms with Crippen molar-refractivity contribution < 1.29 is 29.0 Å². The Labute approximate surface area is 451 Å². The number of carbonyl (C=O) groups is 3. The van der Waals surface area contributed by atoms with E-state index in [4.69, 9.17) is 20.3 Å². The number of methoxy groups -OCH3 is 2. The lowest BCUT2D eigenvalue weighted by atomic mass is 9.92. The fraction of sp³-hybridized carbons (Fsp3) is 0.472. The third-order valence-corrected chi connectivity index (χ3v) is 16.5. The van der Waals surface area contributed by atoms with Gasteiger partial charge < -0.3 is 36.3 Å². The van der Waals surface area contributed by atoms with E-state index in [1.54, 1.807) is 38.5 Å². The van der Waals surface area contributed by atoms with Crippen molar-refractivity contribution in [2.24, 2.45) is 10.9 Å². The molecule has 0 saturated heterocycles. The third-order valence-electron chi connectivity index (χ3n) is 12.6.